The van der Waals surface area contributed by atoms with Crippen molar-refractivity contribution in [1.82, 2.24) is 9.80 Å². The summed E-state index contributed by atoms with van der Waals surface area (Å²) < 4.78 is 13.2. The Kier molecular flexibility index (Phi) is 7.36. The molecular weight excluding hydrogens is 381 g/mol. The number of aryl methyl sites for hydroxylation is 1. The number of hydrogen-bond acceptors (Lipinski definition) is 2. The molecule has 0 unspecified atom stereocenters. The van der Waals surface area contributed by atoms with E-state index >= 15 is 0 Å². The van der Waals surface area contributed by atoms with Crippen molar-refractivity contribution >= 4 is 17.9 Å². The second kappa shape index (κ2) is 10.2. The molecule has 1 heterocycles. The normalized spacial score (nSPS) is 14.8. The van der Waals surface area contributed by atoms with E-state index in [4.69, 9.17) is 0 Å². The second-order valence-electron chi connectivity index (χ2n) is 7.88. The van der Waals surface area contributed by atoms with E-state index in [9.17, 15) is 14.0 Å². The molecule has 2 amide bonds. The minimum absolute atomic E-state index is 0.0412. The largest absolute Gasteiger partial charge is 0.333 e. The molecule has 1 saturated heterocycles. The highest BCUT2D eigenvalue weighted by molar-refractivity contribution is 5.94. The first-order valence-corrected chi connectivity index (χ1v) is 10.3. The highest BCUT2D eigenvalue weighted by Crippen LogP contribution is 2.06. The van der Waals surface area contributed by atoms with Gasteiger partial charge in [0.25, 0.3) is 0 Å². The van der Waals surface area contributed by atoms with Gasteiger partial charge in [-0.3, -0.25) is 9.59 Å². The van der Waals surface area contributed by atoms with E-state index < -0.39 is 0 Å². The lowest BCUT2D eigenvalue weighted by atomic mass is 10.1. The molecule has 6 heteroatoms. The number of halogens is 1. The Morgan fingerprint density at radius 2 is 1.87 bits per heavy atom. The van der Waals surface area contributed by atoms with E-state index in [1.807, 2.05) is 4.90 Å². The Balaban J connectivity index is 1.45. The zero-order valence-corrected chi connectivity index (χ0v) is 17.6. The molecule has 0 radical (unpaired) electrons. The number of amides is 2. The smallest absolute Gasteiger partial charge is 0.246 e. The Morgan fingerprint density at radius 1 is 1.13 bits per heavy atom. The van der Waals surface area contributed by atoms with Gasteiger partial charge in [0, 0.05) is 18.7 Å². The predicted molar refractivity (Wildman–Crippen MR) is 115 cm³/mol. The molecule has 0 bridgehead atoms. The van der Waals surface area contributed by atoms with Gasteiger partial charge in [0.05, 0.1) is 32.7 Å². The molecule has 0 saturated carbocycles. The number of carbonyl (C=O) groups excluding carboxylic acids is 2. The van der Waals surface area contributed by atoms with Gasteiger partial charge in [-0.05, 0) is 30.7 Å². The number of piperazine rings is 1. The van der Waals surface area contributed by atoms with Crippen LogP contribution < -0.4 is 4.90 Å². The predicted octanol–water partition coefficient (Wildman–Crippen LogP) is 1.53. The van der Waals surface area contributed by atoms with Crippen molar-refractivity contribution in [2.45, 2.75) is 13.5 Å². The van der Waals surface area contributed by atoms with E-state index in [1.165, 1.54) is 39.1 Å². The molecule has 1 aliphatic heterocycles. The summed E-state index contributed by atoms with van der Waals surface area (Å²) in [6.45, 7) is 6.29. The van der Waals surface area contributed by atoms with E-state index in [-0.39, 0.29) is 24.2 Å². The van der Waals surface area contributed by atoms with Crippen LogP contribution in [0.3, 0.4) is 0 Å². The van der Waals surface area contributed by atoms with Crippen molar-refractivity contribution in [2.75, 3.05) is 39.8 Å². The van der Waals surface area contributed by atoms with Crippen molar-refractivity contribution < 1.29 is 18.9 Å². The van der Waals surface area contributed by atoms with Gasteiger partial charge in [-0.15, -0.1) is 0 Å². The molecule has 5 nitrogen and oxygen atoms in total. The van der Waals surface area contributed by atoms with Crippen LogP contribution in [0.2, 0.25) is 0 Å². The number of rotatable bonds is 6. The fourth-order valence-corrected chi connectivity index (χ4v) is 3.65. The van der Waals surface area contributed by atoms with E-state index in [2.05, 4.69) is 31.2 Å². The number of nitrogens with one attached hydrogen (secondary N) is 1. The fraction of sp³-hybridized carbons (Fsp3) is 0.333. The molecule has 2 aromatic carbocycles. The zero-order chi connectivity index (χ0) is 21.5. The van der Waals surface area contributed by atoms with E-state index in [0.29, 0.717) is 18.7 Å². The summed E-state index contributed by atoms with van der Waals surface area (Å²) in [6.07, 6.45) is 2.92. The van der Waals surface area contributed by atoms with Crippen molar-refractivity contribution in [3.63, 3.8) is 0 Å². The fourth-order valence-electron chi connectivity index (χ4n) is 3.65. The maximum Gasteiger partial charge on any atom is 0.246 e. The quantitative estimate of drug-likeness (QED) is 0.735. The van der Waals surface area contributed by atoms with Crippen molar-refractivity contribution in [2.24, 2.45) is 0 Å². The first-order valence-electron chi connectivity index (χ1n) is 10.3. The summed E-state index contributed by atoms with van der Waals surface area (Å²) in [7, 11) is 1.61. The summed E-state index contributed by atoms with van der Waals surface area (Å²) >= 11 is 0. The summed E-state index contributed by atoms with van der Waals surface area (Å²) in [6, 6.07) is 14.6. The lowest BCUT2D eigenvalue weighted by Crippen LogP contribution is -3.13. The summed E-state index contributed by atoms with van der Waals surface area (Å²) in [5, 5.41) is 0. The van der Waals surface area contributed by atoms with Crippen LogP contribution in [0, 0.1) is 12.7 Å². The minimum atomic E-state index is -0.350. The highest BCUT2D eigenvalue weighted by Gasteiger charge is 2.25. The topological polar surface area (TPSA) is 45.1 Å². The molecule has 1 aliphatic rings. The standard InChI is InChI=1S/C24H28FN3O2/c1-19-5-3-7-21(15-19)17-27-11-13-28(14-12-27)24(30)18-26(2)23(29)10-9-20-6-4-8-22(25)16-20/h3-10,15-16H,11-14,17-18H2,1-2H3/p+1/b10-9+. The average molecular weight is 411 g/mol. The van der Waals surface area contributed by atoms with Crippen LogP contribution in [0.1, 0.15) is 16.7 Å². The van der Waals surface area contributed by atoms with Crippen LogP contribution in [0.25, 0.3) is 6.08 Å². The molecule has 0 atom stereocenters. The van der Waals surface area contributed by atoms with Gasteiger partial charge in [0.1, 0.15) is 12.4 Å². The maximum absolute atomic E-state index is 13.2. The van der Waals surface area contributed by atoms with E-state index in [1.54, 1.807) is 25.3 Å². The number of quaternary nitrogens is 1. The number of carbonyl (C=O) groups is 2. The van der Waals surface area contributed by atoms with Crippen LogP contribution >= 0.6 is 0 Å². The summed E-state index contributed by atoms with van der Waals surface area (Å²) in [4.78, 5) is 29.6. The monoisotopic (exact) mass is 410 g/mol. The number of likely N-dealkylation sites (N-methyl/N-ethyl adjacent to an activating group) is 1. The highest BCUT2D eigenvalue weighted by atomic mass is 19.1. The lowest BCUT2D eigenvalue weighted by Gasteiger charge is -2.33. The van der Waals surface area contributed by atoms with Crippen molar-refractivity contribution in [1.29, 1.82) is 0 Å². The van der Waals surface area contributed by atoms with Gasteiger partial charge < -0.3 is 14.7 Å². The third kappa shape index (κ3) is 6.26. The van der Waals surface area contributed by atoms with Gasteiger partial charge in [0.2, 0.25) is 11.8 Å². The Morgan fingerprint density at radius 3 is 2.57 bits per heavy atom. The average Bonchev–Trinajstić information content (AvgIpc) is 2.72. The van der Waals surface area contributed by atoms with Crippen molar-refractivity contribution in [3.8, 4) is 0 Å². The van der Waals surface area contributed by atoms with Crippen LogP contribution in [0.5, 0.6) is 0 Å². The Bertz CT molecular complexity index is 920. The van der Waals surface area contributed by atoms with Crippen LogP contribution in [0.15, 0.2) is 54.6 Å². The third-order valence-corrected chi connectivity index (χ3v) is 5.38. The summed E-state index contributed by atoms with van der Waals surface area (Å²) in [5.74, 6) is -0.673. The van der Waals surface area contributed by atoms with Crippen molar-refractivity contribution in [3.05, 3.63) is 77.1 Å². The van der Waals surface area contributed by atoms with Crippen LogP contribution in [-0.4, -0.2) is 61.4 Å². The molecular formula is C24H29FN3O2+. The second-order valence-corrected chi connectivity index (χ2v) is 7.88. The van der Waals surface area contributed by atoms with Gasteiger partial charge in [-0.25, -0.2) is 4.39 Å². The third-order valence-electron chi connectivity index (χ3n) is 5.38. The van der Waals surface area contributed by atoms with Gasteiger partial charge >= 0.3 is 0 Å². The lowest BCUT2D eigenvalue weighted by molar-refractivity contribution is -0.917. The van der Waals surface area contributed by atoms with Gasteiger partial charge in [-0.2, -0.15) is 0 Å². The first kappa shape index (κ1) is 21.7. The molecule has 1 N–H and O–H groups in total. The first-order chi connectivity index (χ1) is 14.4. The molecule has 0 spiro atoms. The molecule has 2 aromatic rings. The molecule has 0 aliphatic carbocycles. The van der Waals surface area contributed by atoms with Crippen LogP contribution in [-0.2, 0) is 16.1 Å². The van der Waals surface area contributed by atoms with Gasteiger partial charge in [-0.1, -0.05) is 42.0 Å². The minimum Gasteiger partial charge on any atom is -0.333 e. The SMILES string of the molecule is Cc1cccc(C[NH+]2CCN(C(=O)CN(C)C(=O)/C=C/c3cccc(F)c3)CC2)c1. The maximum atomic E-state index is 13.2. The Labute approximate surface area is 177 Å². The summed E-state index contributed by atoms with van der Waals surface area (Å²) in [5.41, 5.74) is 3.19. The van der Waals surface area contributed by atoms with Crippen LogP contribution in [0.4, 0.5) is 4.39 Å². The number of benzene rings is 2. The number of hydrogen-bond donors (Lipinski definition) is 1. The Hall–Kier alpha value is -2.99. The molecule has 0 aromatic heterocycles. The number of nitrogens with zero attached hydrogens (tertiary/aromatic N) is 2. The molecule has 30 heavy (non-hydrogen) atoms. The zero-order valence-electron chi connectivity index (χ0n) is 17.6. The molecule has 1 fully saturated rings. The van der Waals surface area contributed by atoms with Gasteiger partial charge in [0.15, 0.2) is 0 Å². The molecule has 158 valence electrons. The van der Waals surface area contributed by atoms with E-state index in [0.717, 1.165) is 19.6 Å². The molecule has 3 rings (SSSR count).